The van der Waals surface area contributed by atoms with Gasteiger partial charge in [-0.1, -0.05) is 19.0 Å². The van der Waals surface area contributed by atoms with Gasteiger partial charge in [-0.05, 0) is 32.2 Å². The van der Waals surface area contributed by atoms with Gasteiger partial charge in [0.25, 0.3) is 0 Å². The van der Waals surface area contributed by atoms with Crippen LogP contribution in [0.25, 0.3) is 0 Å². The lowest BCUT2D eigenvalue weighted by atomic mass is 10.0. The summed E-state index contributed by atoms with van der Waals surface area (Å²) in [6.45, 7) is 7.18. The Kier molecular flexibility index (Phi) is 7.05. The van der Waals surface area contributed by atoms with Crippen LogP contribution in [0.1, 0.15) is 46.0 Å². The molecular formula is C13H27N3O2. The van der Waals surface area contributed by atoms with Crippen molar-refractivity contribution in [1.82, 2.24) is 4.90 Å². The summed E-state index contributed by atoms with van der Waals surface area (Å²) in [5, 5.41) is 11.7. The van der Waals surface area contributed by atoms with Crippen LogP contribution in [-0.2, 0) is 4.74 Å². The molecule has 1 heterocycles. The minimum absolute atomic E-state index is 0.318. The highest BCUT2D eigenvalue weighted by Gasteiger charge is 2.25. The molecule has 0 aliphatic carbocycles. The van der Waals surface area contributed by atoms with E-state index < -0.39 is 0 Å². The zero-order valence-electron chi connectivity index (χ0n) is 11.6. The van der Waals surface area contributed by atoms with Gasteiger partial charge in [0.2, 0.25) is 0 Å². The highest BCUT2D eigenvalue weighted by molar-refractivity contribution is 5.80. The summed E-state index contributed by atoms with van der Waals surface area (Å²) in [6.07, 6.45) is 5.37. The Labute approximate surface area is 110 Å². The molecule has 0 bridgehead atoms. The van der Waals surface area contributed by atoms with Crippen LogP contribution in [0.15, 0.2) is 5.16 Å². The zero-order chi connectivity index (χ0) is 13.4. The van der Waals surface area contributed by atoms with Crippen molar-refractivity contribution in [3.8, 4) is 0 Å². The van der Waals surface area contributed by atoms with Crippen LogP contribution in [0.3, 0.4) is 0 Å². The largest absolute Gasteiger partial charge is 0.409 e. The summed E-state index contributed by atoms with van der Waals surface area (Å²) in [5.74, 6) is 0.318. The van der Waals surface area contributed by atoms with Gasteiger partial charge in [-0.15, -0.1) is 0 Å². The van der Waals surface area contributed by atoms with Crippen LogP contribution in [-0.4, -0.2) is 47.8 Å². The summed E-state index contributed by atoms with van der Waals surface area (Å²) in [7, 11) is 0. The average molecular weight is 257 g/mol. The molecule has 1 aliphatic heterocycles. The van der Waals surface area contributed by atoms with Gasteiger partial charge in [-0.25, -0.2) is 0 Å². The van der Waals surface area contributed by atoms with Crippen LogP contribution < -0.4 is 5.73 Å². The summed E-state index contributed by atoms with van der Waals surface area (Å²) in [6, 6.07) is 0.355. The van der Waals surface area contributed by atoms with Gasteiger partial charge in [0, 0.05) is 25.6 Å². The molecule has 1 saturated heterocycles. The van der Waals surface area contributed by atoms with E-state index >= 15 is 0 Å². The average Bonchev–Trinajstić information content (AvgIpc) is 2.42. The van der Waals surface area contributed by atoms with Crippen molar-refractivity contribution in [3.63, 3.8) is 0 Å². The van der Waals surface area contributed by atoms with Crippen molar-refractivity contribution in [2.45, 2.75) is 58.1 Å². The monoisotopic (exact) mass is 257 g/mol. The Balaban J connectivity index is 2.47. The van der Waals surface area contributed by atoms with Crippen molar-refractivity contribution in [2.75, 3.05) is 19.7 Å². The molecule has 2 atom stereocenters. The molecule has 18 heavy (non-hydrogen) atoms. The predicted molar refractivity (Wildman–Crippen MR) is 72.9 cm³/mol. The Bertz CT molecular complexity index is 259. The van der Waals surface area contributed by atoms with Crippen LogP contribution in [0, 0.1) is 0 Å². The van der Waals surface area contributed by atoms with E-state index in [1.807, 2.05) is 0 Å². The zero-order valence-corrected chi connectivity index (χ0v) is 11.6. The third kappa shape index (κ3) is 4.82. The second kappa shape index (κ2) is 8.32. The summed E-state index contributed by atoms with van der Waals surface area (Å²) in [4.78, 5) is 2.42. The van der Waals surface area contributed by atoms with E-state index in [1.54, 1.807) is 0 Å². The van der Waals surface area contributed by atoms with Crippen molar-refractivity contribution in [3.05, 3.63) is 0 Å². The van der Waals surface area contributed by atoms with E-state index in [0.29, 0.717) is 24.4 Å². The maximum atomic E-state index is 8.67. The molecule has 0 spiro atoms. The Hall–Kier alpha value is -0.810. The predicted octanol–water partition coefficient (Wildman–Crippen LogP) is 1.79. The first kappa shape index (κ1) is 15.2. The lowest BCUT2D eigenvalue weighted by Gasteiger charge is -2.37. The second-order valence-corrected chi connectivity index (χ2v) is 4.99. The minimum Gasteiger partial charge on any atom is -0.409 e. The maximum absolute atomic E-state index is 8.67. The third-order valence-electron chi connectivity index (χ3n) is 3.53. The summed E-state index contributed by atoms with van der Waals surface area (Å²) >= 11 is 0. The number of hydrogen-bond acceptors (Lipinski definition) is 4. The first-order chi connectivity index (χ1) is 8.71. The Morgan fingerprint density at radius 2 is 2.33 bits per heavy atom. The molecular weight excluding hydrogens is 230 g/mol. The fourth-order valence-electron chi connectivity index (χ4n) is 2.53. The molecule has 1 rings (SSSR count). The topological polar surface area (TPSA) is 71.1 Å². The summed E-state index contributed by atoms with van der Waals surface area (Å²) < 4.78 is 5.84. The standard InChI is InChI=1S/C13H27N3O2/c1-3-8-18-12-6-5-7-16(10-12)11(4-2)9-13(14)15-17/h11-12,17H,3-10H2,1-2H3,(H2,14,15). The van der Waals surface area contributed by atoms with Gasteiger partial charge in [0.1, 0.15) is 5.84 Å². The number of rotatable bonds is 7. The number of hydrogen-bond donors (Lipinski definition) is 2. The molecule has 0 saturated carbocycles. The van der Waals surface area contributed by atoms with Gasteiger partial charge in [-0.3, -0.25) is 4.90 Å². The first-order valence-electron chi connectivity index (χ1n) is 7.03. The molecule has 1 fully saturated rings. The third-order valence-corrected chi connectivity index (χ3v) is 3.53. The van der Waals surface area contributed by atoms with Crippen LogP contribution in [0.5, 0.6) is 0 Å². The molecule has 3 N–H and O–H groups in total. The quantitative estimate of drug-likeness (QED) is 0.316. The van der Waals surface area contributed by atoms with Crippen molar-refractivity contribution < 1.29 is 9.94 Å². The number of ether oxygens (including phenoxy) is 1. The number of likely N-dealkylation sites (tertiary alicyclic amines) is 1. The van der Waals surface area contributed by atoms with Gasteiger partial charge in [0.15, 0.2) is 0 Å². The maximum Gasteiger partial charge on any atom is 0.140 e. The Morgan fingerprint density at radius 3 is 2.94 bits per heavy atom. The number of oxime groups is 1. The SMILES string of the molecule is CCCOC1CCCN(C(CC)C/C(N)=N/O)C1. The highest BCUT2D eigenvalue weighted by atomic mass is 16.5. The molecule has 106 valence electrons. The van der Waals surface area contributed by atoms with Gasteiger partial charge in [-0.2, -0.15) is 0 Å². The first-order valence-corrected chi connectivity index (χ1v) is 7.03. The molecule has 0 aromatic carbocycles. The van der Waals surface area contributed by atoms with Crippen LogP contribution in [0.4, 0.5) is 0 Å². The normalized spacial score (nSPS) is 24.1. The van der Waals surface area contributed by atoms with Crippen molar-refractivity contribution in [1.29, 1.82) is 0 Å². The molecule has 0 radical (unpaired) electrons. The lowest BCUT2D eigenvalue weighted by Crippen LogP contribution is -2.46. The van der Waals surface area contributed by atoms with Gasteiger partial charge < -0.3 is 15.7 Å². The van der Waals surface area contributed by atoms with Crippen LogP contribution >= 0.6 is 0 Å². The molecule has 5 nitrogen and oxygen atoms in total. The fraction of sp³-hybridized carbons (Fsp3) is 0.923. The van der Waals surface area contributed by atoms with E-state index in [0.717, 1.165) is 39.0 Å². The van der Waals surface area contributed by atoms with E-state index in [-0.39, 0.29) is 0 Å². The van der Waals surface area contributed by atoms with Gasteiger partial charge in [0.05, 0.1) is 6.10 Å². The Morgan fingerprint density at radius 1 is 1.56 bits per heavy atom. The lowest BCUT2D eigenvalue weighted by molar-refractivity contribution is -0.0122. The van der Waals surface area contributed by atoms with Crippen LogP contribution in [0.2, 0.25) is 0 Å². The number of nitrogens with zero attached hydrogens (tertiary/aromatic N) is 2. The minimum atomic E-state index is 0.318. The number of nitrogens with two attached hydrogens (primary N) is 1. The molecule has 0 aromatic heterocycles. The van der Waals surface area contributed by atoms with Crippen molar-refractivity contribution in [2.24, 2.45) is 10.9 Å². The molecule has 0 amide bonds. The van der Waals surface area contributed by atoms with E-state index in [9.17, 15) is 0 Å². The number of piperidine rings is 1. The second-order valence-electron chi connectivity index (χ2n) is 4.99. The molecule has 0 aromatic rings. The van der Waals surface area contributed by atoms with E-state index in [4.69, 9.17) is 15.7 Å². The van der Waals surface area contributed by atoms with E-state index in [2.05, 4.69) is 23.9 Å². The van der Waals surface area contributed by atoms with Crippen molar-refractivity contribution >= 4 is 5.84 Å². The molecule has 2 unspecified atom stereocenters. The molecule has 1 aliphatic rings. The highest BCUT2D eigenvalue weighted by Crippen LogP contribution is 2.19. The van der Waals surface area contributed by atoms with E-state index in [1.165, 1.54) is 6.42 Å². The fourth-order valence-corrected chi connectivity index (χ4v) is 2.53. The number of amidine groups is 1. The van der Waals surface area contributed by atoms with Gasteiger partial charge >= 0.3 is 0 Å². The smallest absolute Gasteiger partial charge is 0.140 e. The summed E-state index contributed by atoms with van der Waals surface area (Å²) in [5.41, 5.74) is 5.61. The molecule has 5 heteroatoms.